The Bertz CT molecular complexity index is 749. The van der Waals surface area contributed by atoms with E-state index in [4.69, 9.17) is 0 Å². The smallest absolute Gasteiger partial charge is 0.230 e. The van der Waals surface area contributed by atoms with Gasteiger partial charge in [0.2, 0.25) is 5.91 Å². The largest absolute Gasteiger partial charge is 0.354 e. The van der Waals surface area contributed by atoms with Crippen molar-refractivity contribution in [2.24, 2.45) is 11.3 Å². The molecule has 1 aromatic rings. The second-order valence-electron chi connectivity index (χ2n) is 8.12. The first-order valence-electron chi connectivity index (χ1n) is 9.45. The third kappa shape index (κ3) is 2.88. The van der Waals surface area contributed by atoms with Crippen molar-refractivity contribution in [1.29, 1.82) is 5.26 Å². The van der Waals surface area contributed by atoms with Crippen LogP contribution in [-0.2, 0) is 4.79 Å². The molecule has 1 atom stereocenters. The molecule has 2 saturated heterocycles. The Hall–Kier alpha value is -2.09. The number of likely N-dealkylation sites (tertiary alicyclic amines) is 1. The zero-order valence-corrected chi connectivity index (χ0v) is 15.2. The molecule has 4 rings (SSSR count). The molecular formula is C20H26N4O. The van der Waals surface area contributed by atoms with E-state index in [1.165, 1.54) is 12.8 Å². The Kier molecular flexibility index (Phi) is 3.94. The van der Waals surface area contributed by atoms with Gasteiger partial charge >= 0.3 is 0 Å². The topological polar surface area (TPSA) is 60.2 Å². The van der Waals surface area contributed by atoms with E-state index in [0.717, 1.165) is 61.9 Å². The van der Waals surface area contributed by atoms with Crippen molar-refractivity contribution >= 4 is 11.7 Å². The first-order chi connectivity index (χ1) is 12.0. The third-order valence-corrected chi connectivity index (χ3v) is 6.22. The zero-order valence-electron chi connectivity index (χ0n) is 15.2. The molecule has 5 nitrogen and oxygen atoms in total. The van der Waals surface area contributed by atoms with Crippen molar-refractivity contribution in [1.82, 2.24) is 9.88 Å². The normalized spacial score (nSPS) is 26.4. The van der Waals surface area contributed by atoms with Crippen LogP contribution in [0.15, 0.2) is 6.07 Å². The highest BCUT2D eigenvalue weighted by atomic mass is 16.2. The Balaban J connectivity index is 1.57. The van der Waals surface area contributed by atoms with E-state index in [0.29, 0.717) is 18.0 Å². The van der Waals surface area contributed by atoms with E-state index in [9.17, 15) is 10.1 Å². The Morgan fingerprint density at radius 2 is 2.12 bits per heavy atom. The number of nitrogens with zero attached hydrogens (tertiary/aromatic N) is 4. The average molecular weight is 338 g/mol. The lowest BCUT2D eigenvalue weighted by molar-refractivity contribution is -0.145. The van der Waals surface area contributed by atoms with Crippen LogP contribution in [0.3, 0.4) is 0 Å². The van der Waals surface area contributed by atoms with Crippen molar-refractivity contribution < 1.29 is 4.79 Å². The Morgan fingerprint density at radius 1 is 1.32 bits per heavy atom. The molecule has 0 unspecified atom stereocenters. The van der Waals surface area contributed by atoms with Gasteiger partial charge in [-0.2, -0.15) is 5.26 Å². The summed E-state index contributed by atoms with van der Waals surface area (Å²) in [5.74, 6) is 1.84. The SMILES string of the molecule is Cc1cc(C#N)c(N2CC[C@]3(CCCN(CC4CC4)C3=O)C2)nc1C. The molecule has 2 aliphatic heterocycles. The van der Waals surface area contributed by atoms with Crippen molar-refractivity contribution in [3.8, 4) is 6.07 Å². The molecule has 5 heteroatoms. The molecule has 0 radical (unpaired) electrons. The summed E-state index contributed by atoms with van der Waals surface area (Å²) in [7, 11) is 0. The number of hydrogen-bond acceptors (Lipinski definition) is 4. The first-order valence-corrected chi connectivity index (χ1v) is 9.45. The molecule has 1 saturated carbocycles. The van der Waals surface area contributed by atoms with Gasteiger partial charge in [0.25, 0.3) is 0 Å². The van der Waals surface area contributed by atoms with Crippen LogP contribution in [-0.4, -0.2) is 42.0 Å². The van der Waals surface area contributed by atoms with E-state index in [2.05, 4.69) is 20.9 Å². The van der Waals surface area contributed by atoms with E-state index in [1.54, 1.807) is 0 Å². The van der Waals surface area contributed by atoms with Crippen LogP contribution in [0.5, 0.6) is 0 Å². The van der Waals surface area contributed by atoms with E-state index >= 15 is 0 Å². The molecule has 0 aromatic carbocycles. The van der Waals surface area contributed by atoms with Gasteiger partial charge in [-0.3, -0.25) is 4.79 Å². The zero-order chi connectivity index (χ0) is 17.6. The van der Waals surface area contributed by atoms with Gasteiger partial charge in [-0.15, -0.1) is 0 Å². The predicted octanol–water partition coefficient (Wildman–Crippen LogP) is 2.80. The van der Waals surface area contributed by atoms with Crippen molar-refractivity contribution in [3.63, 3.8) is 0 Å². The second-order valence-corrected chi connectivity index (χ2v) is 8.12. The maximum absolute atomic E-state index is 13.2. The lowest BCUT2D eigenvalue weighted by Gasteiger charge is -2.39. The van der Waals surface area contributed by atoms with Gasteiger partial charge in [0.15, 0.2) is 0 Å². The number of hydrogen-bond donors (Lipinski definition) is 0. The van der Waals surface area contributed by atoms with Crippen LogP contribution in [0.2, 0.25) is 0 Å². The first kappa shape index (κ1) is 16.4. The van der Waals surface area contributed by atoms with E-state index < -0.39 is 0 Å². The number of pyridine rings is 1. The maximum Gasteiger partial charge on any atom is 0.230 e. The van der Waals surface area contributed by atoms with Crippen molar-refractivity contribution in [3.05, 3.63) is 22.9 Å². The number of aromatic nitrogens is 1. The third-order valence-electron chi connectivity index (χ3n) is 6.22. The van der Waals surface area contributed by atoms with Crippen LogP contribution in [0.25, 0.3) is 0 Å². The number of nitriles is 1. The molecule has 1 aromatic heterocycles. The van der Waals surface area contributed by atoms with E-state index in [-0.39, 0.29) is 5.41 Å². The van der Waals surface area contributed by atoms with Crippen LogP contribution >= 0.6 is 0 Å². The van der Waals surface area contributed by atoms with Crippen LogP contribution in [0.1, 0.15) is 48.9 Å². The molecule has 0 N–H and O–H groups in total. The lowest BCUT2D eigenvalue weighted by Crippen LogP contribution is -2.50. The van der Waals surface area contributed by atoms with Crippen LogP contribution in [0.4, 0.5) is 5.82 Å². The van der Waals surface area contributed by atoms with Gasteiger partial charge in [0, 0.05) is 31.9 Å². The summed E-state index contributed by atoms with van der Waals surface area (Å²) in [6.45, 7) is 7.35. The summed E-state index contributed by atoms with van der Waals surface area (Å²) >= 11 is 0. The van der Waals surface area contributed by atoms with Gasteiger partial charge < -0.3 is 9.80 Å². The molecular weight excluding hydrogens is 312 g/mol. The van der Waals surface area contributed by atoms with Gasteiger partial charge in [0.1, 0.15) is 11.9 Å². The van der Waals surface area contributed by atoms with Gasteiger partial charge in [0.05, 0.1) is 11.0 Å². The summed E-state index contributed by atoms with van der Waals surface area (Å²) in [5, 5.41) is 9.50. The maximum atomic E-state index is 13.2. The standard InChI is InChI=1S/C20H26N4O/c1-14-10-17(11-21)18(22-15(14)2)24-9-7-20(13-24)6-3-8-23(19(20)25)12-16-4-5-16/h10,16H,3-9,12-13H2,1-2H3/t20-/m1/s1. The number of rotatable bonds is 3. The monoisotopic (exact) mass is 338 g/mol. The minimum Gasteiger partial charge on any atom is -0.354 e. The number of carbonyl (C=O) groups excluding carboxylic acids is 1. The number of anilines is 1. The molecule has 1 amide bonds. The fourth-order valence-electron chi connectivity index (χ4n) is 4.39. The molecule has 3 heterocycles. The molecule has 3 fully saturated rings. The molecule has 132 valence electrons. The predicted molar refractivity (Wildman–Crippen MR) is 96.2 cm³/mol. The number of piperidine rings is 1. The summed E-state index contributed by atoms with van der Waals surface area (Å²) < 4.78 is 0. The molecule has 3 aliphatic rings. The fourth-order valence-corrected chi connectivity index (χ4v) is 4.39. The highest BCUT2D eigenvalue weighted by Crippen LogP contribution is 2.43. The van der Waals surface area contributed by atoms with Crippen molar-refractivity contribution in [2.75, 3.05) is 31.1 Å². The van der Waals surface area contributed by atoms with Gasteiger partial charge in [-0.25, -0.2) is 4.98 Å². The van der Waals surface area contributed by atoms with Crippen LogP contribution in [0, 0.1) is 36.5 Å². The highest BCUT2D eigenvalue weighted by Gasteiger charge is 2.49. The quantitative estimate of drug-likeness (QED) is 0.850. The lowest BCUT2D eigenvalue weighted by atomic mass is 9.78. The minimum atomic E-state index is -0.264. The second kappa shape index (κ2) is 6.01. The number of amides is 1. The van der Waals surface area contributed by atoms with Gasteiger partial charge in [-0.1, -0.05) is 0 Å². The van der Waals surface area contributed by atoms with E-state index in [1.807, 2.05) is 19.9 Å². The van der Waals surface area contributed by atoms with Crippen LogP contribution < -0.4 is 4.90 Å². The summed E-state index contributed by atoms with van der Waals surface area (Å²) in [5.41, 5.74) is 2.36. The molecule has 25 heavy (non-hydrogen) atoms. The molecule has 0 bridgehead atoms. The highest BCUT2D eigenvalue weighted by molar-refractivity contribution is 5.85. The Morgan fingerprint density at radius 3 is 2.84 bits per heavy atom. The number of aryl methyl sites for hydroxylation is 2. The Labute approximate surface area is 149 Å². The molecule has 1 spiro atoms. The average Bonchev–Trinajstić information content (AvgIpc) is 3.32. The molecule has 1 aliphatic carbocycles. The fraction of sp³-hybridized carbons (Fsp3) is 0.650. The summed E-state index contributed by atoms with van der Waals surface area (Å²) in [6, 6.07) is 4.21. The minimum absolute atomic E-state index is 0.264. The summed E-state index contributed by atoms with van der Waals surface area (Å²) in [6.07, 6.45) is 5.50. The number of carbonyl (C=O) groups is 1. The van der Waals surface area contributed by atoms with Gasteiger partial charge in [-0.05, 0) is 63.5 Å². The van der Waals surface area contributed by atoms with Crippen molar-refractivity contribution in [2.45, 2.75) is 46.0 Å². The summed E-state index contributed by atoms with van der Waals surface area (Å²) in [4.78, 5) is 22.1.